The molecular weight excluding hydrogens is 310 g/mol. The fourth-order valence-corrected chi connectivity index (χ4v) is 3.39. The third-order valence-corrected chi connectivity index (χ3v) is 4.90. The molecular formula is C20H27N5. The Morgan fingerprint density at radius 2 is 2.28 bits per heavy atom. The van der Waals surface area contributed by atoms with Gasteiger partial charge < -0.3 is 15.2 Å². The summed E-state index contributed by atoms with van der Waals surface area (Å²) >= 11 is 0. The Morgan fingerprint density at radius 3 is 2.96 bits per heavy atom. The van der Waals surface area contributed by atoms with E-state index in [1.807, 2.05) is 25.3 Å². The summed E-state index contributed by atoms with van der Waals surface area (Å²) in [5.74, 6) is 0.973. The van der Waals surface area contributed by atoms with Crippen molar-refractivity contribution in [1.82, 2.24) is 19.4 Å². The van der Waals surface area contributed by atoms with Gasteiger partial charge in [0, 0.05) is 49.4 Å². The topological polar surface area (TPSA) is 60.0 Å². The van der Waals surface area contributed by atoms with Gasteiger partial charge in [-0.1, -0.05) is 12.7 Å². The fourth-order valence-electron chi connectivity index (χ4n) is 3.39. The molecule has 0 bridgehead atoms. The minimum absolute atomic E-state index is 0.646. The average Bonchev–Trinajstić information content (AvgIpc) is 3.16. The van der Waals surface area contributed by atoms with Crippen LogP contribution in [-0.2, 0) is 6.42 Å². The third-order valence-electron chi connectivity index (χ3n) is 4.90. The molecule has 0 unspecified atom stereocenters. The lowest BCUT2D eigenvalue weighted by Crippen LogP contribution is -2.29. The molecule has 1 fully saturated rings. The number of imidazole rings is 1. The molecule has 1 aliphatic heterocycles. The van der Waals surface area contributed by atoms with Crippen LogP contribution in [0.1, 0.15) is 36.8 Å². The number of likely N-dealkylation sites (tertiary alicyclic amines) is 1. The van der Waals surface area contributed by atoms with Crippen molar-refractivity contribution < 1.29 is 0 Å². The van der Waals surface area contributed by atoms with E-state index in [1.54, 1.807) is 12.4 Å². The van der Waals surface area contributed by atoms with Gasteiger partial charge in [-0.3, -0.25) is 4.98 Å². The average molecular weight is 337 g/mol. The van der Waals surface area contributed by atoms with Crippen LogP contribution in [0.5, 0.6) is 0 Å². The maximum absolute atomic E-state index is 5.84. The normalized spacial score (nSPS) is 18.6. The van der Waals surface area contributed by atoms with Gasteiger partial charge in [0.05, 0.1) is 11.4 Å². The number of hydrogen-bond acceptors (Lipinski definition) is 4. The maximum atomic E-state index is 5.84. The van der Waals surface area contributed by atoms with Crippen molar-refractivity contribution in [2.75, 3.05) is 18.8 Å². The van der Waals surface area contributed by atoms with Crippen molar-refractivity contribution in [2.24, 2.45) is 0 Å². The first kappa shape index (κ1) is 17.4. The predicted molar refractivity (Wildman–Crippen MR) is 104 cm³/mol. The molecule has 1 saturated heterocycles. The molecule has 3 rings (SSSR count). The summed E-state index contributed by atoms with van der Waals surface area (Å²) in [4.78, 5) is 11.4. The molecule has 132 valence electrons. The molecule has 0 aliphatic carbocycles. The smallest absolute Gasteiger partial charge is 0.109 e. The van der Waals surface area contributed by atoms with Crippen LogP contribution >= 0.6 is 0 Å². The van der Waals surface area contributed by atoms with E-state index in [-0.39, 0.29) is 0 Å². The van der Waals surface area contributed by atoms with Gasteiger partial charge in [-0.25, -0.2) is 4.98 Å². The standard InChI is InChI=1S/C20H27N5/c1-4-17(18-10-19(21)12-22-11-18)13-25-14-20(23-16(25)3)7-9-24-8-5-6-15(24)2/h4,10-15H,1,5-9,21H2,2-3H3/b17-13+/t15-/m1/s1. The second kappa shape index (κ2) is 7.66. The van der Waals surface area contributed by atoms with Crippen molar-refractivity contribution in [3.63, 3.8) is 0 Å². The van der Waals surface area contributed by atoms with Crippen LogP contribution in [0.2, 0.25) is 0 Å². The number of aryl methyl sites for hydroxylation is 1. The van der Waals surface area contributed by atoms with Crippen molar-refractivity contribution in [1.29, 1.82) is 0 Å². The summed E-state index contributed by atoms with van der Waals surface area (Å²) in [5.41, 5.74) is 9.54. The lowest BCUT2D eigenvalue weighted by molar-refractivity contribution is 0.271. The highest BCUT2D eigenvalue weighted by atomic mass is 15.2. The number of anilines is 1. The molecule has 0 saturated carbocycles. The highest BCUT2D eigenvalue weighted by Crippen LogP contribution is 2.20. The second-order valence-corrected chi connectivity index (χ2v) is 6.76. The van der Waals surface area contributed by atoms with E-state index in [0.29, 0.717) is 11.7 Å². The number of allylic oxidation sites excluding steroid dienone is 2. The van der Waals surface area contributed by atoms with Crippen LogP contribution in [0, 0.1) is 6.92 Å². The maximum Gasteiger partial charge on any atom is 0.109 e. The second-order valence-electron chi connectivity index (χ2n) is 6.76. The summed E-state index contributed by atoms with van der Waals surface area (Å²) in [6.07, 6.45) is 13.0. The van der Waals surface area contributed by atoms with Gasteiger partial charge in [-0.2, -0.15) is 0 Å². The van der Waals surface area contributed by atoms with Gasteiger partial charge in [-0.05, 0) is 44.9 Å². The Morgan fingerprint density at radius 1 is 1.44 bits per heavy atom. The number of nitrogens with zero attached hydrogens (tertiary/aromatic N) is 4. The predicted octanol–water partition coefficient (Wildman–Crippen LogP) is 3.38. The van der Waals surface area contributed by atoms with E-state index in [0.717, 1.165) is 35.6 Å². The first-order chi connectivity index (χ1) is 12.1. The van der Waals surface area contributed by atoms with Gasteiger partial charge in [0.2, 0.25) is 0 Å². The Labute approximate surface area is 149 Å². The molecule has 2 aromatic rings. The van der Waals surface area contributed by atoms with Gasteiger partial charge in [0.25, 0.3) is 0 Å². The number of nitrogens with two attached hydrogens (primary N) is 1. The molecule has 0 amide bonds. The van der Waals surface area contributed by atoms with E-state index < -0.39 is 0 Å². The lowest BCUT2D eigenvalue weighted by atomic mass is 10.1. The van der Waals surface area contributed by atoms with Crippen molar-refractivity contribution in [2.45, 2.75) is 39.2 Å². The minimum atomic E-state index is 0.646. The van der Waals surface area contributed by atoms with Crippen LogP contribution in [0.25, 0.3) is 11.8 Å². The Balaban J connectivity index is 1.75. The lowest BCUT2D eigenvalue weighted by Gasteiger charge is -2.19. The fraction of sp³-hybridized carbons (Fsp3) is 0.400. The SMILES string of the molecule is C=C/C(=C\n1cc(CCN2CCC[C@H]2C)nc1C)c1cncc(N)c1. The molecule has 5 nitrogen and oxygen atoms in total. The van der Waals surface area contributed by atoms with E-state index in [9.17, 15) is 0 Å². The summed E-state index contributed by atoms with van der Waals surface area (Å²) in [6, 6.07) is 2.61. The van der Waals surface area contributed by atoms with Crippen LogP contribution in [0.3, 0.4) is 0 Å². The summed E-state index contributed by atoms with van der Waals surface area (Å²) in [7, 11) is 0. The van der Waals surface area contributed by atoms with E-state index >= 15 is 0 Å². The molecule has 5 heteroatoms. The quantitative estimate of drug-likeness (QED) is 0.821. The highest BCUT2D eigenvalue weighted by Gasteiger charge is 2.19. The molecule has 0 spiro atoms. The van der Waals surface area contributed by atoms with Crippen molar-refractivity contribution >= 4 is 17.5 Å². The molecule has 0 radical (unpaired) electrons. The molecule has 25 heavy (non-hydrogen) atoms. The summed E-state index contributed by atoms with van der Waals surface area (Å²) in [5, 5.41) is 0. The van der Waals surface area contributed by atoms with Crippen LogP contribution in [0.4, 0.5) is 5.69 Å². The van der Waals surface area contributed by atoms with Crippen LogP contribution in [-0.4, -0.2) is 38.6 Å². The monoisotopic (exact) mass is 337 g/mol. The number of pyridine rings is 1. The van der Waals surface area contributed by atoms with E-state index in [4.69, 9.17) is 10.7 Å². The largest absolute Gasteiger partial charge is 0.397 e. The first-order valence-electron chi connectivity index (χ1n) is 8.90. The van der Waals surface area contributed by atoms with Gasteiger partial charge in [-0.15, -0.1) is 0 Å². The molecule has 3 heterocycles. The van der Waals surface area contributed by atoms with Gasteiger partial charge >= 0.3 is 0 Å². The highest BCUT2D eigenvalue weighted by molar-refractivity contribution is 5.82. The van der Waals surface area contributed by atoms with E-state index in [1.165, 1.54) is 19.4 Å². The summed E-state index contributed by atoms with van der Waals surface area (Å²) < 4.78 is 2.06. The van der Waals surface area contributed by atoms with Crippen molar-refractivity contribution in [3.8, 4) is 0 Å². The Hall–Kier alpha value is -2.40. The zero-order chi connectivity index (χ0) is 17.8. The molecule has 1 aliphatic rings. The van der Waals surface area contributed by atoms with Gasteiger partial charge in [0.1, 0.15) is 5.82 Å². The zero-order valence-corrected chi connectivity index (χ0v) is 15.2. The molecule has 0 aromatic carbocycles. The first-order valence-corrected chi connectivity index (χ1v) is 8.90. The van der Waals surface area contributed by atoms with E-state index in [2.05, 4.69) is 34.2 Å². The number of nitrogen functional groups attached to an aromatic ring is 1. The molecule has 2 aromatic heterocycles. The third kappa shape index (κ3) is 4.17. The van der Waals surface area contributed by atoms with Crippen LogP contribution in [0.15, 0.2) is 37.3 Å². The van der Waals surface area contributed by atoms with Crippen LogP contribution < -0.4 is 5.73 Å². The molecule has 1 atom stereocenters. The number of hydrogen-bond donors (Lipinski definition) is 1. The Bertz CT molecular complexity index is 774. The minimum Gasteiger partial charge on any atom is -0.397 e. The Kier molecular flexibility index (Phi) is 5.34. The zero-order valence-electron chi connectivity index (χ0n) is 15.2. The number of aromatic nitrogens is 3. The molecule has 2 N–H and O–H groups in total. The number of rotatable bonds is 6. The summed E-state index contributed by atoms with van der Waals surface area (Å²) in [6.45, 7) is 10.5. The van der Waals surface area contributed by atoms with Gasteiger partial charge in [0.15, 0.2) is 0 Å². The van der Waals surface area contributed by atoms with Crippen molar-refractivity contribution in [3.05, 3.63) is 54.4 Å².